The Morgan fingerprint density at radius 2 is 1.02 bits per heavy atom. The second kappa shape index (κ2) is 14.0. The van der Waals surface area contributed by atoms with Crippen LogP contribution in [-0.2, 0) is 9.47 Å². The van der Waals surface area contributed by atoms with E-state index in [4.69, 9.17) is 9.47 Å². The van der Waals surface area contributed by atoms with E-state index in [1.807, 2.05) is 66.7 Å². The van der Waals surface area contributed by atoms with Crippen molar-refractivity contribution in [3.63, 3.8) is 0 Å². The minimum atomic E-state index is -0.562. The summed E-state index contributed by atoms with van der Waals surface area (Å²) in [4.78, 5) is 27.6. The Morgan fingerprint density at radius 3 is 1.56 bits per heavy atom. The van der Waals surface area contributed by atoms with Gasteiger partial charge in [-0.15, -0.1) is 0 Å². The van der Waals surface area contributed by atoms with E-state index in [9.17, 15) is 9.59 Å². The molecule has 0 bridgehead atoms. The van der Waals surface area contributed by atoms with Gasteiger partial charge in [0.1, 0.15) is 0 Å². The molecule has 0 unspecified atom stereocenters. The summed E-state index contributed by atoms with van der Waals surface area (Å²) in [5.74, 6) is -1.12. The molecule has 0 radical (unpaired) electrons. The third kappa shape index (κ3) is 6.91. The first-order chi connectivity index (χ1) is 21.1. The Hall–Kier alpha value is -5.42. The highest BCUT2D eigenvalue weighted by Crippen LogP contribution is 2.36. The molecule has 5 heteroatoms. The van der Waals surface area contributed by atoms with Gasteiger partial charge >= 0.3 is 11.9 Å². The Balaban J connectivity index is 1.58. The molecule has 0 N–H and O–H groups in total. The quantitative estimate of drug-likeness (QED) is 0.124. The van der Waals surface area contributed by atoms with E-state index in [0.717, 1.165) is 39.3 Å². The number of ether oxygens (including phenoxy) is 2. The van der Waals surface area contributed by atoms with Crippen LogP contribution in [-0.4, -0.2) is 25.2 Å². The normalized spacial score (nSPS) is 11.1. The Bertz CT molecular complexity index is 1660. The minimum absolute atomic E-state index is 0.179. The van der Waals surface area contributed by atoms with Gasteiger partial charge in [0.25, 0.3) is 0 Å². The molecule has 0 fully saturated rings. The molecule has 5 rings (SSSR count). The molecular weight excluding hydrogens is 534 g/mol. The highest BCUT2D eigenvalue weighted by molar-refractivity contribution is 6.04. The van der Waals surface area contributed by atoms with Gasteiger partial charge in [0.2, 0.25) is 0 Å². The maximum atomic E-state index is 12.8. The van der Waals surface area contributed by atoms with Crippen molar-refractivity contribution in [2.24, 2.45) is 0 Å². The lowest BCUT2D eigenvalue weighted by Gasteiger charge is -2.25. The molecule has 0 aromatic heterocycles. The van der Waals surface area contributed by atoms with E-state index in [0.29, 0.717) is 0 Å². The first-order valence-corrected chi connectivity index (χ1v) is 14.3. The molecule has 0 spiro atoms. The summed E-state index contributed by atoms with van der Waals surface area (Å²) < 4.78 is 10.4. The van der Waals surface area contributed by atoms with Crippen LogP contribution in [0.2, 0.25) is 0 Å². The summed E-state index contributed by atoms with van der Waals surface area (Å²) in [5, 5.41) is 0. The first-order valence-electron chi connectivity index (χ1n) is 14.3. The molecule has 0 aliphatic carbocycles. The van der Waals surface area contributed by atoms with Crippen molar-refractivity contribution in [2.75, 3.05) is 18.1 Å². The number of para-hydroxylation sites is 2. The van der Waals surface area contributed by atoms with Crippen LogP contribution in [0.3, 0.4) is 0 Å². The Morgan fingerprint density at radius 1 is 0.558 bits per heavy atom. The maximum absolute atomic E-state index is 12.8. The van der Waals surface area contributed by atoms with Crippen molar-refractivity contribution in [2.45, 2.75) is 13.8 Å². The van der Waals surface area contributed by atoms with E-state index in [1.54, 1.807) is 26.0 Å². The molecule has 0 heterocycles. The van der Waals surface area contributed by atoms with Crippen molar-refractivity contribution < 1.29 is 19.1 Å². The molecular formula is C38H33NO4. The van der Waals surface area contributed by atoms with Crippen LogP contribution in [0.5, 0.6) is 0 Å². The largest absolute Gasteiger partial charge is 0.462 e. The van der Waals surface area contributed by atoms with E-state index in [2.05, 4.69) is 65.6 Å². The van der Waals surface area contributed by atoms with Crippen molar-refractivity contribution in [1.29, 1.82) is 0 Å². The lowest BCUT2D eigenvalue weighted by Crippen LogP contribution is -2.14. The van der Waals surface area contributed by atoms with Crippen LogP contribution in [0, 0.1) is 0 Å². The first kappa shape index (κ1) is 29.1. The van der Waals surface area contributed by atoms with Crippen molar-refractivity contribution in [1.82, 2.24) is 0 Å². The number of carbonyl (C=O) groups excluding carboxylic acids is 2. The highest BCUT2D eigenvalue weighted by atomic mass is 16.5. The van der Waals surface area contributed by atoms with E-state index >= 15 is 0 Å². The number of benzene rings is 5. The standard InChI is InChI=1S/C38H33NO4/c1-3-42-37(40)34-25-20-28(27-36(34)38(41)43-4-2)26-35(29-14-8-5-9-15-29)30-21-23-33(24-22-30)39(31-16-10-6-11-17-31)32-18-12-7-13-19-32/h5-27H,3-4H2,1-2H3. The van der Waals surface area contributed by atoms with Gasteiger partial charge in [-0.25, -0.2) is 9.59 Å². The third-order valence-corrected chi connectivity index (χ3v) is 6.90. The summed E-state index contributed by atoms with van der Waals surface area (Å²) in [6, 6.07) is 44.2. The number of esters is 2. The van der Waals surface area contributed by atoms with Crippen LogP contribution in [0.4, 0.5) is 17.1 Å². The van der Waals surface area contributed by atoms with Crippen molar-refractivity contribution in [3.05, 3.63) is 161 Å². The fourth-order valence-electron chi connectivity index (χ4n) is 4.93. The van der Waals surface area contributed by atoms with Crippen LogP contribution in [0.25, 0.3) is 11.6 Å². The Kier molecular flexibility index (Phi) is 9.45. The number of hydrogen-bond donors (Lipinski definition) is 0. The molecule has 0 saturated heterocycles. The molecule has 0 saturated carbocycles. The predicted molar refractivity (Wildman–Crippen MR) is 173 cm³/mol. The van der Waals surface area contributed by atoms with E-state index in [-0.39, 0.29) is 24.3 Å². The smallest absolute Gasteiger partial charge is 0.339 e. The number of anilines is 3. The van der Waals surface area contributed by atoms with Crippen molar-refractivity contribution in [3.8, 4) is 0 Å². The molecule has 214 valence electrons. The lowest BCUT2D eigenvalue weighted by molar-refractivity contribution is 0.0479. The fourth-order valence-corrected chi connectivity index (χ4v) is 4.93. The van der Waals surface area contributed by atoms with Gasteiger partial charge in [-0.05, 0) is 90.7 Å². The molecule has 5 nitrogen and oxygen atoms in total. The topological polar surface area (TPSA) is 55.8 Å². The third-order valence-electron chi connectivity index (χ3n) is 6.90. The number of rotatable bonds is 10. The average Bonchev–Trinajstić information content (AvgIpc) is 3.06. The number of carbonyl (C=O) groups is 2. The molecule has 5 aromatic carbocycles. The summed E-state index contributed by atoms with van der Waals surface area (Å²) >= 11 is 0. The fraction of sp³-hybridized carbons (Fsp3) is 0.105. The molecule has 0 atom stereocenters. The van der Waals surface area contributed by atoms with Gasteiger partial charge in [-0.3, -0.25) is 0 Å². The van der Waals surface area contributed by atoms with Crippen molar-refractivity contribution >= 4 is 40.6 Å². The van der Waals surface area contributed by atoms with Gasteiger partial charge in [-0.2, -0.15) is 0 Å². The van der Waals surface area contributed by atoms with Gasteiger partial charge in [-0.1, -0.05) is 84.9 Å². The Labute approximate surface area is 252 Å². The molecule has 43 heavy (non-hydrogen) atoms. The maximum Gasteiger partial charge on any atom is 0.339 e. The molecule has 0 aliphatic rings. The summed E-state index contributed by atoms with van der Waals surface area (Å²) in [6.45, 7) is 3.88. The van der Waals surface area contributed by atoms with Crippen LogP contribution in [0.1, 0.15) is 51.3 Å². The van der Waals surface area contributed by atoms with Crippen LogP contribution < -0.4 is 4.90 Å². The minimum Gasteiger partial charge on any atom is -0.462 e. The van der Waals surface area contributed by atoms with Gasteiger partial charge < -0.3 is 14.4 Å². The summed E-state index contributed by atoms with van der Waals surface area (Å²) in [7, 11) is 0. The van der Waals surface area contributed by atoms with Gasteiger partial charge in [0.15, 0.2) is 0 Å². The van der Waals surface area contributed by atoms with Crippen LogP contribution >= 0.6 is 0 Å². The van der Waals surface area contributed by atoms with E-state index < -0.39 is 11.9 Å². The highest BCUT2D eigenvalue weighted by Gasteiger charge is 2.20. The molecule has 0 amide bonds. The van der Waals surface area contributed by atoms with Gasteiger partial charge in [0, 0.05) is 17.1 Å². The van der Waals surface area contributed by atoms with Gasteiger partial charge in [0.05, 0.1) is 24.3 Å². The van der Waals surface area contributed by atoms with E-state index in [1.165, 1.54) is 0 Å². The lowest BCUT2D eigenvalue weighted by atomic mass is 9.94. The SMILES string of the molecule is CCOC(=O)c1ccc(C=C(c2ccccc2)c2ccc(N(c3ccccc3)c3ccccc3)cc2)cc1C(=O)OCC. The second-order valence-electron chi connectivity index (χ2n) is 9.72. The summed E-state index contributed by atoms with van der Waals surface area (Å²) in [6.07, 6.45) is 2.02. The molecule has 0 aliphatic heterocycles. The second-order valence-corrected chi connectivity index (χ2v) is 9.72. The number of hydrogen-bond acceptors (Lipinski definition) is 5. The zero-order valence-corrected chi connectivity index (χ0v) is 24.3. The predicted octanol–water partition coefficient (Wildman–Crippen LogP) is 9.10. The molecule has 5 aromatic rings. The number of nitrogens with zero attached hydrogens (tertiary/aromatic N) is 1. The zero-order chi connectivity index (χ0) is 30.0. The van der Waals surface area contributed by atoms with Crippen LogP contribution in [0.15, 0.2) is 133 Å². The average molecular weight is 568 g/mol. The monoisotopic (exact) mass is 567 g/mol. The summed E-state index contributed by atoms with van der Waals surface area (Å²) in [5.41, 5.74) is 7.27. The zero-order valence-electron chi connectivity index (χ0n) is 24.3.